The zero-order valence-electron chi connectivity index (χ0n) is 8.18. The highest BCUT2D eigenvalue weighted by atomic mass is 16.7. The van der Waals surface area contributed by atoms with Crippen molar-refractivity contribution >= 4 is 5.97 Å². The molecule has 5 heteroatoms. The smallest absolute Gasteiger partial charge is 0.332 e. The van der Waals surface area contributed by atoms with Crippen LogP contribution in [0, 0.1) is 0 Å². The minimum absolute atomic E-state index is 0.339. The summed E-state index contributed by atoms with van der Waals surface area (Å²) in [4.78, 5) is 10.8. The van der Waals surface area contributed by atoms with Crippen LogP contribution in [0.2, 0.25) is 0 Å². The lowest BCUT2D eigenvalue weighted by Crippen LogP contribution is -2.36. The van der Waals surface area contributed by atoms with Crippen LogP contribution in [-0.4, -0.2) is 41.8 Å². The number of hydrogen-bond donors (Lipinski definition) is 2. The van der Waals surface area contributed by atoms with Gasteiger partial charge in [-0.2, -0.15) is 0 Å². The highest BCUT2D eigenvalue weighted by Crippen LogP contribution is 2.03. The zero-order chi connectivity index (χ0) is 11.0. The number of aliphatic hydroxyl groups is 2. The zero-order valence-corrected chi connectivity index (χ0v) is 8.18. The van der Waals surface area contributed by atoms with E-state index in [1.807, 2.05) is 6.92 Å². The van der Waals surface area contributed by atoms with Gasteiger partial charge >= 0.3 is 5.97 Å². The Kier molecular flexibility index (Phi) is 7.00. The molecule has 0 aliphatic heterocycles. The maximum Gasteiger partial charge on any atom is 0.332 e. The third-order valence-corrected chi connectivity index (χ3v) is 1.39. The Morgan fingerprint density at radius 1 is 1.64 bits per heavy atom. The number of carbonyl (C=O) groups is 1. The van der Waals surface area contributed by atoms with Gasteiger partial charge in [0, 0.05) is 6.08 Å². The Balaban J connectivity index is 4.09. The Labute approximate surface area is 82.9 Å². The van der Waals surface area contributed by atoms with E-state index in [0.717, 1.165) is 12.5 Å². The quantitative estimate of drug-likeness (QED) is 0.342. The van der Waals surface area contributed by atoms with Gasteiger partial charge in [-0.05, 0) is 6.42 Å². The molecule has 0 spiro atoms. The average molecular weight is 204 g/mol. The largest absolute Gasteiger partial charge is 0.430 e. The highest BCUT2D eigenvalue weighted by molar-refractivity contribution is 5.81. The van der Waals surface area contributed by atoms with Crippen LogP contribution in [-0.2, 0) is 14.3 Å². The van der Waals surface area contributed by atoms with Crippen LogP contribution >= 0.6 is 0 Å². The molecule has 0 aliphatic carbocycles. The highest BCUT2D eigenvalue weighted by Gasteiger charge is 2.22. The number of ether oxygens (including phenoxy) is 2. The number of rotatable bonds is 7. The van der Waals surface area contributed by atoms with Crippen molar-refractivity contribution in [2.24, 2.45) is 0 Å². The summed E-state index contributed by atoms with van der Waals surface area (Å²) >= 11 is 0. The molecular weight excluding hydrogens is 188 g/mol. The lowest BCUT2D eigenvalue weighted by molar-refractivity contribution is -0.203. The van der Waals surface area contributed by atoms with Gasteiger partial charge in [0.25, 0.3) is 0 Å². The van der Waals surface area contributed by atoms with Crippen LogP contribution in [0.25, 0.3) is 0 Å². The molecule has 0 aromatic rings. The van der Waals surface area contributed by atoms with E-state index < -0.39 is 25.0 Å². The van der Waals surface area contributed by atoms with Crippen molar-refractivity contribution in [1.82, 2.24) is 0 Å². The van der Waals surface area contributed by atoms with Gasteiger partial charge in [0.1, 0.15) is 6.10 Å². The van der Waals surface area contributed by atoms with Crippen LogP contribution in [0.15, 0.2) is 12.7 Å². The van der Waals surface area contributed by atoms with Gasteiger partial charge in [-0.1, -0.05) is 13.5 Å². The number of esters is 1. The Morgan fingerprint density at radius 3 is 2.71 bits per heavy atom. The molecule has 0 aliphatic rings. The van der Waals surface area contributed by atoms with Crippen LogP contribution < -0.4 is 0 Å². The van der Waals surface area contributed by atoms with Crippen molar-refractivity contribution in [2.45, 2.75) is 25.7 Å². The predicted octanol–water partition coefficient (Wildman–Crippen LogP) is -0.178. The van der Waals surface area contributed by atoms with Gasteiger partial charge in [0.15, 0.2) is 0 Å². The molecule has 82 valence electrons. The summed E-state index contributed by atoms with van der Waals surface area (Å²) in [6.07, 6.45) is -0.678. The molecule has 0 rings (SSSR count). The van der Waals surface area contributed by atoms with E-state index in [9.17, 15) is 9.90 Å². The third kappa shape index (κ3) is 4.96. The minimum atomic E-state index is -1.23. The molecule has 2 unspecified atom stereocenters. The van der Waals surface area contributed by atoms with Crippen LogP contribution in [0.5, 0.6) is 0 Å². The minimum Gasteiger partial charge on any atom is -0.430 e. The summed E-state index contributed by atoms with van der Waals surface area (Å²) in [6, 6.07) is 0. The fraction of sp³-hybridized carbons (Fsp3) is 0.667. The van der Waals surface area contributed by atoms with Crippen molar-refractivity contribution in [3.63, 3.8) is 0 Å². The second-order valence-electron chi connectivity index (χ2n) is 2.63. The van der Waals surface area contributed by atoms with Crippen LogP contribution in [0.1, 0.15) is 13.3 Å². The first kappa shape index (κ1) is 13.1. The van der Waals surface area contributed by atoms with E-state index in [4.69, 9.17) is 9.84 Å². The summed E-state index contributed by atoms with van der Waals surface area (Å²) in [6.45, 7) is 4.89. The monoisotopic (exact) mass is 204 g/mol. The standard InChI is InChI=1S/C9H16O5/c1-3-5-13-9(7(11)6-10)14-8(12)4-2/h4,7,9-11H,2-3,5-6H2,1H3. The molecular formula is C9H16O5. The van der Waals surface area contributed by atoms with E-state index in [0.29, 0.717) is 6.61 Å². The summed E-state index contributed by atoms with van der Waals surface area (Å²) in [5.41, 5.74) is 0. The Bertz CT molecular complexity index is 180. The van der Waals surface area contributed by atoms with Gasteiger partial charge < -0.3 is 19.7 Å². The average Bonchev–Trinajstić information content (AvgIpc) is 2.22. The molecule has 0 heterocycles. The summed E-state index contributed by atoms with van der Waals surface area (Å²) in [5.74, 6) is -0.696. The second kappa shape index (κ2) is 7.49. The molecule has 2 atom stereocenters. The van der Waals surface area contributed by atoms with Gasteiger partial charge in [0.05, 0.1) is 13.2 Å². The summed E-state index contributed by atoms with van der Waals surface area (Å²) in [5, 5.41) is 17.8. The number of aliphatic hydroxyl groups excluding tert-OH is 2. The van der Waals surface area contributed by atoms with E-state index in [1.165, 1.54) is 0 Å². The number of carbonyl (C=O) groups excluding carboxylic acids is 1. The Morgan fingerprint density at radius 2 is 2.29 bits per heavy atom. The van der Waals surface area contributed by atoms with Gasteiger partial charge in [-0.3, -0.25) is 0 Å². The molecule has 0 aromatic carbocycles. The molecule has 0 bridgehead atoms. The maximum absolute atomic E-state index is 10.8. The van der Waals surface area contributed by atoms with E-state index in [2.05, 4.69) is 11.3 Å². The fourth-order valence-electron chi connectivity index (χ4n) is 0.706. The summed E-state index contributed by atoms with van der Waals surface area (Å²) in [7, 11) is 0. The Hall–Kier alpha value is -0.910. The van der Waals surface area contributed by atoms with Crippen molar-refractivity contribution in [3.8, 4) is 0 Å². The maximum atomic E-state index is 10.8. The molecule has 2 N–H and O–H groups in total. The third-order valence-electron chi connectivity index (χ3n) is 1.39. The molecule has 0 fully saturated rings. The molecule has 0 radical (unpaired) electrons. The first-order chi connectivity index (χ1) is 6.65. The first-order valence-corrected chi connectivity index (χ1v) is 4.39. The molecule has 0 saturated carbocycles. The lowest BCUT2D eigenvalue weighted by Gasteiger charge is -2.20. The molecule has 0 aromatic heterocycles. The first-order valence-electron chi connectivity index (χ1n) is 4.39. The molecule has 0 saturated heterocycles. The molecule has 5 nitrogen and oxygen atoms in total. The van der Waals surface area contributed by atoms with Crippen molar-refractivity contribution in [1.29, 1.82) is 0 Å². The van der Waals surface area contributed by atoms with Gasteiger partial charge in [-0.15, -0.1) is 0 Å². The SMILES string of the molecule is C=CC(=O)OC(OCCC)C(O)CO. The second-order valence-corrected chi connectivity index (χ2v) is 2.63. The normalized spacial score (nSPS) is 14.5. The van der Waals surface area contributed by atoms with E-state index in [1.54, 1.807) is 0 Å². The van der Waals surface area contributed by atoms with E-state index >= 15 is 0 Å². The molecule has 0 amide bonds. The van der Waals surface area contributed by atoms with Crippen LogP contribution in [0.3, 0.4) is 0 Å². The molecule has 14 heavy (non-hydrogen) atoms. The summed E-state index contributed by atoms with van der Waals surface area (Å²) < 4.78 is 9.68. The number of hydrogen-bond acceptors (Lipinski definition) is 5. The van der Waals surface area contributed by atoms with Crippen molar-refractivity contribution in [2.75, 3.05) is 13.2 Å². The van der Waals surface area contributed by atoms with Crippen LogP contribution in [0.4, 0.5) is 0 Å². The predicted molar refractivity (Wildman–Crippen MR) is 49.4 cm³/mol. The van der Waals surface area contributed by atoms with Gasteiger partial charge in [-0.25, -0.2) is 4.79 Å². The topological polar surface area (TPSA) is 76.0 Å². The fourth-order valence-corrected chi connectivity index (χ4v) is 0.706. The van der Waals surface area contributed by atoms with Gasteiger partial charge in [0.2, 0.25) is 6.29 Å². The lowest BCUT2D eigenvalue weighted by atomic mass is 10.3. The van der Waals surface area contributed by atoms with Crippen molar-refractivity contribution < 1.29 is 24.5 Å². The van der Waals surface area contributed by atoms with E-state index in [-0.39, 0.29) is 0 Å². The van der Waals surface area contributed by atoms with Crippen molar-refractivity contribution in [3.05, 3.63) is 12.7 Å².